The topological polar surface area (TPSA) is 29.1 Å². The van der Waals surface area contributed by atoms with E-state index in [1.54, 1.807) is 17.8 Å². The van der Waals surface area contributed by atoms with Crippen molar-refractivity contribution in [2.24, 2.45) is 0 Å². The summed E-state index contributed by atoms with van der Waals surface area (Å²) in [4.78, 5) is 13.1. The van der Waals surface area contributed by atoms with Gasteiger partial charge in [-0.3, -0.25) is 4.79 Å². The van der Waals surface area contributed by atoms with E-state index in [0.29, 0.717) is 0 Å². The lowest BCUT2D eigenvalue weighted by Gasteiger charge is -2.18. The number of carbonyl (C=O) groups excluding carboxylic acids is 1. The molecule has 2 nitrogen and oxygen atoms in total. The summed E-state index contributed by atoms with van der Waals surface area (Å²) >= 11 is 1.62. The van der Waals surface area contributed by atoms with Gasteiger partial charge < -0.3 is 5.32 Å². The number of thioether (sulfide) groups is 1. The van der Waals surface area contributed by atoms with Gasteiger partial charge in [-0.2, -0.15) is 0 Å². The Kier molecular flexibility index (Phi) is 5.67. The predicted molar refractivity (Wildman–Crippen MR) is 101 cm³/mol. The molecule has 120 valence electrons. The van der Waals surface area contributed by atoms with Gasteiger partial charge in [0.15, 0.2) is 0 Å². The first kappa shape index (κ1) is 17.4. The van der Waals surface area contributed by atoms with Crippen LogP contribution in [-0.2, 0) is 10.2 Å². The minimum Gasteiger partial charge on any atom is -0.321 e. The van der Waals surface area contributed by atoms with Gasteiger partial charge in [0.1, 0.15) is 0 Å². The average Bonchev–Trinajstić information content (AvgIpc) is 2.53. The highest BCUT2D eigenvalue weighted by atomic mass is 32.2. The Hall–Kier alpha value is -2.00. The van der Waals surface area contributed by atoms with Crippen molar-refractivity contribution >= 4 is 29.4 Å². The quantitative estimate of drug-likeness (QED) is 0.606. The Balaban J connectivity index is 2.04. The summed E-state index contributed by atoms with van der Waals surface area (Å²) in [7, 11) is 0. The maximum absolute atomic E-state index is 12.1. The van der Waals surface area contributed by atoms with Crippen LogP contribution in [0.2, 0.25) is 0 Å². The molecule has 0 heterocycles. The van der Waals surface area contributed by atoms with Crippen LogP contribution in [0.1, 0.15) is 31.9 Å². The molecule has 23 heavy (non-hydrogen) atoms. The molecule has 3 heteroatoms. The van der Waals surface area contributed by atoms with E-state index in [-0.39, 0.29) is 11.3 Å². The fraction of sp³-hybridized carbons (Fsp3) is 0.250. The number of para-hydroxylation sites is 1. The smallest absolute Gasteiger partial charge is 0.248 e. The summed E-state index contributed by atoms with van der Waals surface area (Å²) in [5.41, 5.74) is 3.29. The second kappa shape index (κ2) is 7.51. The lowest BCUT2D eigenvalue weighted by Crippen LogP contribution is -2.10. The summed E-state index contributed by atoms with van der Waals surface area (Å²) < 4.78 is 0. The highest BCUT2D eigenvalue weighted by Crippen LogP contribution is 2.25. The van der Waals surface area contributed by atoms with E-state index in [1.165, 1.54) is 5.56 Å². The standard InChI is InChI=1S/C20H23NOS/c1-20(2,3)16-12-9-15(10-13-16)11-14-19(22)21-17-7-5-6-8-18(17)23-4/h5-14H,1-4H3,(H,21,22)/b14-11+. The Labute approximate surface area is 143 Å². The molecule has 0 unspecified atom stereocenters. The molecule has 0 atom stereocenters. The van der Waals surface area contributed by atoms with Crippen LogP contribution in [0.3, 0.4) is 0 Å². The average molecular weight is 325 g/mol. The van der Waals surface area contributed by atoms with Gasteiger partial charge in [0.2, 0.25) is 5.91 Å². The molecule has 1 amide bonds. The summed E-state index contributed by atoms with van der Waals surface area (Å²) in [5, 5.41) is 2.92. The zero-order valence-electron chi connectivity index (χ0n) is 14.1. The summed E-state index contributed by atoms with van der Waals surface area (Å²) in [6.07, 6.45) is 5.41. The Morgan fingerprint density at radius 3 is 2.30 bits per heavy atom. The molecule has 0 aliphatic heterocycles. The molecule has 0 aromatic heterocycles. The van der Waals surface area contributed by atoms with Gasteiger partial charge >= 0.3 is 0 Å². The second-order valence-corrected chi connectivity index (χ2v) is 7.24. The number of hydrogen-bond donors (Lipinski definition) is 1. The van der Waals surface area contributed by atoms with Crippen LogP contribution in [0.15, 0.2) is 59.5 Å². The summed E-state index contributed by atoms with van der Waals surface area (Å²) in [5.74, 6) is -0.119. The number of nitrogens with one attached hydrogen (secondary N) is 1. The molecule has 0 radical (unpaired) electrons. The van der Waals surface area contributed by atoms with Gasteiger partial charge in [0.05, 0.1) is 5.69 Å². The number of rotatable bonds is 4. The van der Waals surface area contributed by atoms with E-state index in [9.17, 15) is 4.79 Å². The van der Waals surface area contributed by atoms with Crippen molar-refractivity contribution in [3.05, 3.63) is 65.7 Å². The SMILES string of the molecule is CSc1ccccc1NC(=O)/C=C/c1ccc(C(C)(C)C)cc1. The highest BCUT2D eigenvalue weighted by Gasteiger charge is 2.12. The third-order valence-electron chi connectivity index (χ3n) is 3.57. The van der Waals surface area contributed by atoms with Crippen LogP contribution in [0, 0.1) is 0 Å². The van der Waals surface area contributed by atoms with Crippen LogP contribution >= 0.6 is 11.8 Å². The number of benzene rings is 2. The van der Waals surface area contributed by atoms with Crippen molar-refractivity contribution in [3.8, 4) is 0 Å². The lowest BCUT2D eigenvalue weighted by atomic mass is 9.87. The highest BCUT2D eigenvalue weighted by molar-refractivity contribution is 7.98. The Bertz CT molecular complexity index is 696. The van der Waals surface area contributed by atoms with Crippen molar-refractivity contribution in [2.75, 3.05) is 11.6 Å². The fourth-order valence-electron chi connectivity index (χ4n) is 2.19. The molecule has 2 aromatic rings. The normalized spacial score (nSPS) is 11.7. The van der Waals surface area contributed by atoms with Gasteiger partial charge in [-0.05, 0) is 41.0 Å². The number of anilines is 1. The largest absolute Gasteiger partial charge is 0.321 e. The van der Waals surface area contributed by atoms with Gasteiger partial charge in [-0.15, -0.1) is 11.8 Å². The molecule has 0 aliphatic carbocycles. The van der Waals surface area contributed by atoms with Crippen molar-refractivity contribution in [1.29, 1.82) is 0 Å². The molecule has 0 fully saturated rings. The molecular formula is C20H23NOS. The molecular weight excluding hydrogens is 302 g/mol. The molecule has 1 N–H and O–H groups in total. The summed E-state index contributed by atoms with van der Waals surface area (Å²) in [6, 6.07) is 16.1. The van der Waals surface area contributed by atoms with Crippen LogP contribution in [0.4, 0.5) is 5.69 Å². The Morgan fingerprint density at radius 1 is 1.04 bits per heavy atom. The molecule has 0 spiro atoms. The minimum atomic E-state index is -0.119. The van der Waals surface area contributed by atoms with Gasteiger partial charge in [0.25, 0.3) is 0 Å². The molecule has 0 saturated carbocycles. The van der Waals surface area contributed by atoms with Crippen molar-refractivity contribution in [2.45, 2.75) is 31.1 Å². The van der Waals surface area contributed by atoms with Gasteiger partial charge in [-0.1, -0.05) is 57.2 Å². The van der Waals surface area contributed by atoms with Crippen LogP contribution < -0.4 is 5.32 Å². The van der Waals surface area contributed by atoms with Crippen molar-refractivity contribution in [1.82, 2.24) is 0 Å². The van der Waals surface area contributed by atoms with Crippen LogP contribution in [0.25, 0.3) is 6.08 Å². The molecule has 0 saturated heterocycles. The molecule has 2 aromatic carbocycles. The first-order valence-electron chi connectivity index (χ1n) is 7.63. The molecule has 0 aliphatic rings. The van der Waals surface area contributed by atoms with Crippen LogP contribution in [-0.4, -0.2) is 12.2 Å². The van der Waals surface area contributed by atoms with Crippen molar-refractivity contribution in [3.63, 3.8) is 0 Å². The van der Waals surface area contributed by atoms with Crippen LogP contribution in [0.5, 0.6) is 0 Å². The second-order valence-electron chi connectivity index (χ2n) is 6.39. The minimum absolute atomic E-state index is 0.119. The molecule has 0 bridgehead atoms. The number of carbonyl (C=O) groups is 1. The van der Waals surface area contributed by atoms with E-state index in [1.807, 2.05) is 48.7 Å². The lowest BCUT2D eigenvalue weighted by molar-refractivity contribution is -0.111. The third-order valence-corrected chi connectivity index (χ3v) is 4.36. The van der Waals surface area contributed by atoms with E-state index in [0.717, 1.165) is 16.1 Å². The van der Waals surface area contributed by atoms with Crippen molar-refractivity contribution < 1.29 is 4.79 Å². The zero-order chi connectivity index (χ0) is 16.9. The van der Waals surface area contributed by atoms with E-state index < -0.39 is 0 Å². The maximum atomic E-state index is 12.1. The first-order chi connectivity index (χ1) is 10.9. The molecule has 2 rings (SSSR count). The number of amides is 1. The Morgan fingerprint density at radius 2 is 1.70 bits per heavy atom. The van der Waals surface area contributed by atoms with E-state index in [2.05, 4.69) is 38.2 Å². The fourth-order valence-corrected chi connectivity index (χ4v) is 2.74. The first-order valence-corrected chi connectivity index (χ1v) is 8.85. The van der Waals surface area contributed by atoms with E-state index in [4.69, 9.17) is 0 Å². The predicted octanol–water partition coefficient (Wildman–Crippen LogP) is 5.36. The third kappa shape index (κ3) is 5.00. The number of hydrogen-bond acceptors (Lipinski definition) is 2. The van der Waals surface area contributed by atoms with Gasteiger partial charge in [-0.25, -0.2) is 0 Å². The zero-order valence-corrected chi connectivity index (χ0v) is 14.9. The van der Waals surface area contributed by atoms with E-state index >= 15 is 0 Å². The maximum Gasteiger partial charge on any atom is 0.248 e. The monoisotopic (exact) mass is 325 g/mol. The van der Waals surface area contributed by atoms with Gasteiger partial charge in [0, 0.05) is 11.0 Å². The summed E-state index contributed by atoms with van der Waals surface area (Å²) in [6.45, 7) is 6.57.